The molecule has 0 bridgehead atoms. The van der Waals surface area contributed by atoms with E-state index < -0.39 is 0 Å². The molecular weight excluding hydrogens is 326 g/mol. The van der Waals surface area contributed by atoms with Crippen molar-refractivity contribution >= 4 is 0 Å². The topological polar surface area (TPSA) is 12.0 Å². The van der Waals surface area contributed by atoms with Crippen molar-refractivity contribution in [1.82, 2.24) is 5.32 Å². The first-order valence-corrected chi connectivity index (χ1v) is 11.4. The molecule has 0 saturated heterocycles. The number of allylic oxidation sites excluding steroid dienone is 8. The van der Waals surface area contributed by atoms with Crippen LogP contribution in [0.25, 0.3) is 0 Å². The van der Waals surface area contributed by atoms with E-state index in [2.05, 4.69) is 67.9 Å². The molecule has 5 unspecified atom stereocenters. The Labute approximate surface area is 166 Å². The van der Waals surface area contributed by atoms with Gasteiger partial charge in [-0.25, -0.2) is 0 Å². The fourth-order valence-electron chi connectivity index (χ4n) is 5.69. The molecule has 1 heteroatoms. The molecule has 0 fully saturated rings. The van der Waals surface area contributed by atoms with Crippen LogP contribution >= 0.6 is 0 Å². The monoisotopic (exact) mass is 363 g/mol. The SMILES string of the molecule is CC(C)C1=CNC(C2=CCCCC2)CC1C1C=CC(C2C=CC=CC2)CC1. The van der Waals surface area contributed by atoms with E-state index in [1.54, 1.807) is 11.1 Å². The minimum atomic E-state index is 0.579. The van der Waals surface area contributed by atoms with E-state index in [0.29, 0.717) is 12.0 Å². The van der Waals surface area contributed by atoms with Crippen molar-refractivity contribution in [3.05, 3.63) is 59.9 Å². The van der Waals surface area contributed by atoms with E-state index >= 15 is 0 Å². The molecule has 1 N–H and O–H groups in total. The van der Waals surface area contributed by atoms with Crippen LogP contribution in [0.15, 0.2) is 59.9 Å². The Hall–Kier alpha value is -1.50. The van der Waals surface area contributed by atoms with E-state index in [1.807, 2.05) is 0 Å². The van der Waals surface area contributed by atoms with Crippen LogP contribution in [0.4, 0.5) is 0 Å². The van der Waals surface area contributed by atoms with Gasteiger partial charge in [-0.2, -0.15) is 0 Å². The average molecular weight is 364 g/mol. The lowest BCUT2D eigenvalue weighted by Crippen LogP contribution is -2.39. The van der Waals surface area contributed by atoms with Crippen LogP contribution in [-0.4, -0.2) is 6.04 Å². The summed E-state index contributed by atoms with van der Waals surface area (Å²) in [7, 11) is 0. The molecule has 0 amide bonds. The molecule has 0 radical (unpaired) electrons. The molecular formula is C26H37N. The second kappa shape index (κ2) is 8.67. The largest absolute Gasteiger partial charge is 0.384 e. The van der Waals surface area contributed by atoms with E-state index in [1.165, 1.54) is 51.4 Å². The van der Waals surface area contributed by atoms with Gasteiger partial charge in [-0.3, -0.25) is 0 Å². The van der Waals surface area contributed by atoms with Gasteiger partial charge < -0.3 is 5.32 Å². The van der Waals surface area contributed by atoms with Crippen molar-refractivity contribution < 1.29 is 0 Å². The highest BCUT2D eigenvalue weighted by Gasteiger charge is 2.34. The Morgan fingerprint density at radius 1 is 0.963 bits per heavy atom. The smallest absolute Gasteiger partial charge is 0.0474 e. The van der Waals surface area contributed by atoms with Gasteiger partial charge in [0.2, 0.25) is 0 Å². The molecule has 4 rings (SSSR count). The molecule has 0 aromatic carbocycles. The first-order valence-electron chi connectivity index (χ1n) is 11.4. The minimum Gasteiger partial charge on any atom is -0.384 e. The molecule has 1 heterocycles. The van der Waals surface area contributed by atoms with Gasteiger partial charge in [-0.1, -0.05) is 62.0 Å². The summed E-state index contributed by atoms with van der Waals surface area (Å²) in [6.07, 6.45) is 29.8. The Balaban J connectivity index is 1.47. The van der Waals surface area contributed by atoms with Crippen LogP contribution in [0.1, 0.15) is 65.2 Å². The first kappa shape index (κ1) is 18.8. The van der Waals surface area contributed by atoms with Crippen LogP contribution < -0.4 is 5.32 Å². The number of nitrogens with one attached hydrogen (secondary N) is 1. The third-order valence-electron chi connectivity index (χ3n) is 7.33. The van der Waals surface area contributed by atoms with Gasteiger partial charge in [0.05, 0.1) is 0 Å². The first-order chi connectivity index (χ1) is 13.2. The third kappa shape index (κ3) is 4.33. The molecule has 27 heavy (non-hydrogen) atoms. The van der Waals surface area contributed by atoms with Gasteiger partial charge in [0.15, 0.2) is 0 Å². The molecule has 1 aliphatic heterocycles. The third-order valence-corrected chi connectivity index (χ3v) is 7.33. The summed E-state index contributed by atoms with van der Waals surface area (Å²) in [4.78, 5) is 0. The predicted molar refractivity (Wildman–Crippen MR) is 116 cm³/mol. The summed E-state index contributed by atoms with van der Waals surface area (Å²) in [5.41, 5.74) is 3.33. The summed E-state index contributed by atoms with van der Waals surface area (Å²) < 4.78 is 0. The maximum atomic E-state index is 3.78. The van der Waals surface area contributed by atoms with Crippen molar-refractivity contribution in [2.45, 2.75) is 71.3 Å². The van der Waals surface area contributed by atoms with Gasteiger partial charge in [0.1, 0.15) is 0 Å². The second-order valence-electron chi connectivity index (χ2n) is 9.39. The van der Waals surface area contributed by atoms with Gasteiger partial charge >= 0.3 is 0 Å². The van der Waals surface area contributed by atoms with Crippen LogP contribution in [0.3, 0.4) is 0 Å². The summed E-state index contributed by atoms with van der Waals surface area (Å²) in [6, 6.07) is 0.579. The van der Waals surface area contributed by atoms with Crippen LogP contribution in [0.5, 0.6) is 0 Å². The zero-order valence-corrected chi connectivity index (χ0v) is 17.2. The van der Waals surface area contributed by atoms with Crippen LogP contribution in [0.2, 0.25) is 0 Å². The molecule has 146 valence electrons. The quantitative estimate of drug-likeness (QED) is 0.547. The lowest BCUT2D eigenvalue weighted by molar-refractivity contribution is 0.287. The van der Waals surface area contributed by atoms with Gasteiger partial charge in [-0.05, 0) is 92.7 Å². The minimum absolute atomic E-state index is 0.579. The number of hydrogen-bond acceptors (Lipinski definition) is 1. The highest BCUT2D eigenvalue weighted by Crippen LogP contribution is 2.42. The molecule has 5 atom stereocenters. The predicted octanol–water partition coefficient (Wildman–Crippen LogP) is 6.72. The van der Waals surface area contributed by atoms with Gasteiger partial charge in [-0.15, -0.1) is 0 Å². The molecule has 3 aliphatic carbocycles. The van der Waals surface area contributed by atoms with Crippen molar-refractivity contribution in [3.63, 3.8) is 0 Å². The Bertz CT molecular complexity index is 660. The normalized spacial score (nSPS) is 36.3. The highest BCUT2D eigenvalue weighted by molar-refractivity contribution is 5.25. The Morgan fingerprint density at radius 3 is 2.48 bits per heavy atom. The number of hydrogen-bond donors (Lipinski definition) is 1. The molecule has 1 nitrogen and oxygen atoms in total. The average Bonchev–Trinajstić information content (AvgIpc) is 2.74. The molecule has 0 aromatic heterocycles. The van der Waals surface area contributed by atoms with Crippen molar-refractivity contribution in [3.8, 4) is 0 Å². The van der Waals surface area contributed by atoms with Crippen molar-refractivity contribution in [1.29, 1.82) is 0 Å². The van der Waals surface area contributed by atoms with E-state index in [9.17, 15) is 0 Å². The van der Waals surface area contributed by atoms with E-state index in [4.69, 9.17) is 0 Å². The van der Waals surface area contributed by atoms with Crippen LogP contribution in [0, 0.1) is 29.6 Å². The summed E-state index contributed by atoms with van der Waals surface area (Å²) >= 11 is 0. The van der Waals surface area contributed by atoms with E-state index in [0.717, 1.165) is 23.7 Å². The van der Waals surface area contributed by atoms with Crippen molar-refractivity contribution in [2.75, 3.05) is 0 Å². The maximum absolute atomic E-state index is 3.78. The Kier molecular flexibility index (Phi) is 6.05. The van der Waals surface area contributed by atoms with E-state index in [-0.39, 0.29) is 0 Å². The summed E-state index contributed by atoms with van der Waals surface area (Å²) in [5.74, 6) is 3.55. The zero-order valence-electron chi connectivity index (χ0n) is 17.2. The summed E-state index contributed by atoms with van der Waals surface area (Å²) in [5, 5.41) is 3.78. The standard InChI is InChI=1S/C26H37N/c1-19(2)25-18-27-26(23-11-7-4-8-12-23)17-24(25)22-15-13-21(14-16-22)20-9-5-3-6-10-20/h3,5-6,9,11,13,15,18-22,24,26-27H,4,7-8,10,12,14,16-17H2,1-2H3. The Morgan fingerprint density at radius 2 is 1.81 bits per heavy atom. The maximum Gasteiger partial charge on any atom is 0.0474 e. The van der Waals surface area contributed by atoms with Crippen molar-refractivity contribution in [2.24, 2.45) is 29.6 Å². The molecule has 0 spiro atoms. The molecule has 4 aliphatic rings. The lowest BCUT2D eigenvalue weighted by Gasteiger charge is -2.40. The zero-order chi connectivity index (χ0) is 18.6. The summed E-state index contributed by atoms with van der Waals surface area (Å²) in [6.45, 7) is 4.74. The molecule has 0 saturated carbocycles. The fraction of sp³-hybridized carbons (Fsp3) is 0.615. The van der Waals surface area contributed by atoms with Crippen LogP contribution in [-0.2, 0) is 0 Å². The number of rotatable bonds is 4. The second-order valence-corrected chi connectivity index (χ2v) is 9.39. The highest BCUT2D eigenvalue weighted by atomic mass is 14.9. The fourth-order valence-corrected chi connectivity index (χ4v) is 5.69. The van der Waals surface area contributed by atoms with Gasteiger partial charge in [0.25, 0.3) is 0 Å². The van der Waals surface area contributed by atoms with Gasteiger partial charge in [0, 0.05) is 6.04 Å². The lowest BCUT2D eigenvalue weighted by atomic mass is 9.69. The molecule has 0 aromatic rings.